The van der Waals surface area contributed by atoms with Gasteiger partial charge in [-0.25, -0.2) is 13.4 Å². The lowest BCUT2D eigenvalue weighted by molar-refractivity contribution is 0.601. The molecule has 14 heavy (non-hydrogen) atoms. The Morgan fingerprint density at radius 1 is 1.21 bits per heavy atom. The summed E-state index contributed by atoms with van der Waals surface area (Å²) in [7, 11) is -3.38. The number of aromatic nitrogens is 1. The first-order chi connectivity index (χ1) is 6.25. The third-order valence-electron chi connectivity index (χ3n) is 1.81. The number of halogens is 2. The van der Waals surface area contributed by atoms with Crippen LogP contribution in [-0.2, 0) is 9.84 Å². The maximum absolute atomic E-state index is 11.4. The van der Waals surface area contributed by atoms with Crippen molar-refractivity contribution in [1.82, 2.24) is 4.98 Å². The van der Waals surface area contributed by atoms with Crippen LogP contribution in [0.3, 0.4) is 0 Å². The van der Waals surface area contributed by atoms with Crippen LogP contribution >= 0.6 is 23.2 Å². The van der Waals surface area contributed by atoms with Gasteiger partial charge >= 0.3 is 0 Å². The Morgan fingerprint density at radius 2 is 1.71 bits per heavy atom. The molecular weight excluding hydrogens is 245 g/mol. The van der Waals surface area contributed by atoms with E-state index in [9.17, 15) is 8.42 Å². The molecule has 0 saturated heterocycles. The molecule has 1 aromatic heterocycles. The van der Waals surface area contributed by atoms with Crippen LogP contribution < -0.4 is 0 Å². The van der Waals surface area contributed by atoms with Crippen LogP contribution in [0.1, 0.15) is 11.3 Å². The van der Waals surface area contributed by atoms with E-state index < -0.39 is 9.84 Å². The van der Waals surface area contributed by atoms with Gasteiger partial charge in [0, 0.05) is 6.26 Å². The molecular formula is C8H9Cl2NO2S. The van der Waals surface area contributed by atoms with Crippen molar-refractivity contribution in [2.24, 2.45) is 0 Å². The number of hydrogen-bond donors (Lipinski definition) is 0. The molecule has 1 rings (SSSR count). The molecule has 78 valence electrons. The summed E-state index contributed by atoms with van der Waals surface area (Å²) in [5.74, 6) is 0. The first-order valence-electron chi connectivity index (χ1n) is 3.77. The smallest absolute Gasteiger partial charge is 0.178 e. The molecule has 0 saturated carbocycles. The molecule has 0 N–H and O–H groups in total. The van der Waals surface area contributed by atoms with Gasteiger partial charge in [0.05, 0.1) is 10.7 Å². The van der Waals surface area contributed by atoms with Crippen LogP contribution in [0.15, 0.2) is 4.90 Å². The van der Waals surface area contributed by atoms with Crippen molar-refractivity contribution in [3.8, 4) is 0 Å². The van der Waals surface area contributed by atoms with Crippen LogP contribution in [0.25, 0.3) is 0 Å². The Labute approximate surface area is 93.0 Å². The van der Waals surface area contributed by atoms with Crippen LogP contribution in [0.2, 0.25) is 10.2 Å². The minimum absolute atomic E-state index is 0.00904. The highest BCUT2D eigenvalue weighted by atomic mass is 35.5. The van der Waals surface area contributed by atoms with E-state index in [1.807, 2.05) is 0 Å². The highest BCUT2D eigenvalue weighted by Gasteiger charge is 2.20. The molecule has 1 heterocycles. The van der Waals surface area contributed by atoms with Crippen molar-refractivity contribution in [3.05, 3.63) is 21.4 Å². The number of nitrogens with zero attached hydrogens (tertiary/aromatic N) is 1. The summed E-state index contributed by atoms with van der Waals surface area (Å²) in [5, 5.41) is 0.321. The summed E-state index contributed by atoms with van der Waals surface area (Å²) in [6.07, 6.45) is 1.08. The summed E-state index contributed by atoms with van der Waals surface area (Å²) < 4.78 is 22.7. The van der Waals surface area contributed by atoms with Crippen molar-refractivity contribution >= 4 is 33.0 Å². The minimum atomic E-state index is -3.38. The highest BCUT2D eigenvalue weighted by molar-refractivity contribution is 7.90. The van der Waals surface area contributed by atoms with E-state index >= 15 is 0 Å². The fourth-order valence-electron chi connectivity index (χ4n) is 1.20. The molecule has 0 fully saturated rings. The summed E-state index contributed by atoms with van der Waals surface area (Å²) in [5.41, 5.74) is 0.980. The summed E-state index contributed by atoms with van der Waals surface area (Å²) in [6, 6.07) is 0. The summed E-state index contributed by atoms with van der Waals surface area (Å²) >= 11 is 11.6. The first-order valence-corrected chi connectivity index (χ1v) is 6.42. The van der Waals surface area contributed by atoms with Gasteiger partial charge < -0.3 is 0 Å². The molecule has 0 radical (unpaired) electrons. The maximum atomic E-state index is 11.4. The van der Waals surface area contributed by atoms with E-state index in [0.717, 1.165) is 6.26 Å². The van der Waals surface area contributed by atoms with Gasteiger partial charge in [-0.05, 0) is 19.4 Å². The van der Waals surface area contributed by atoms with Gasteiger partial charge in [-0.1, -0.05) is 23.2 Å². The third-order valence-corrected chi connectivity index (χ3v) is 4.00. The Kier molecular flexibility index (Phi) is 3.09. The van der Waals surface area contributed by atoms with Gasteiger partial charge in [0.15, 0.2) is 9.84 Å². The first kappa shape index (κ1) is 11.8. The van der Waals surface area contributed by atoms with Crippen LogP contribution in [-0.4, -0.2) is 19.7 Å². The van der Waals surface area contributed by atoms with Gasteiger partial charge in [0.1, 0.15) is 10.0 Å². The molecule has 0 spiro atoms. The Bertz CT molecular complexity index is 483. The topological polar surface area (TPSA) is 47.0 Å². The zero-order valence-corrected chi connectivity index (χ0v) is 10.3. The van der Waals surface area contributed by atoms with Crippen LogP contribution in [0.4, 0.5) is 0 Å². The van der Waals surface area contributed by atoms with Crippen molar-refractivity contribution in [1.29, 1.82) is 0 Å². The molecule has 0 aromatic carbocycles. The molecule has 3 nitrogen and oxygen atoms in total. The molecule has 0 bridgehead atoms. The van der Waals surface area contributed by atoms with Gasteiger partial charge in [-0.15, -0.1) is 0 Å². The second kappa shape index (κ2) is 3.68. The number of sulfone groups is 1. The predicted molar refractivity (Wildman–Crippen MR) is 56.8 cm³/mol. The molecule has 0 aliphatic carbocycles. The van der Waals surface area contributed by atoms with E-state index in [1.54, 1.807) is 13.8 Å². The van der Waals surface area contributed by atoms with Gasteiger partial charge in [-0.2, -0.15) is 0 Å². The van der Waals surface area contributed by atoms with E-state index in [0.29, 0.717) is 16.3 Å². The molecule has 0 amide bonds. The average Bonchev–Trinajstić information content (AvgIpc) is 1.97. The fraction of sp³-hybridized carbons (Fsp3) is 0.375. The van der Waals surface area contributed by atoms with Crippen molar-refractivity contribution < 1.29 is 8.42 Å². The lowest BCUT2D eigenvalue weighted by Crippen LogP contribution is -2.04. The Hall–Kier alpha value is -0.320. The number of hydrogen-bond acceptors (Lipinski definition) is 3. The molecule has 6 heteroatoms. The largest absolute Gasteiger partial charge is 0.238 e. The zero-order chi connectivity index (χ0) is 11.1. The van der Waals surface area contributed by atoms with E-state index in [-0.39, 0.29) is 10.0 Å². The molecule has 0 unspecified atom stereocenters. The Balaban J connectivity index is 3.70. The molecule has 0 aliphatic heterocycles. The van der Waals surface area contributed by atoms with E-state index in [2.05, 4.69) is 4.98 Å². The van der Waals surface area contributed by atoms with Crippen molar-refractivity contribution in [2.45, 2.75) is 18.7 Å². The number of pyridine rings is 1. The molecule has 0 atom stereocenters. The molecule has 1 aromatic rings. The number of aryl methyl sites for hydroxylation is 1. The Morgan fingerprint density at radius 3 is 2.14 bits per heavy atom. The lowest BCUT2D eigenvalue weighted by Gasteiger charge is -2.09. The number of rotatable bonds is 1. The van der Waals surface area contributed by atoms with E-state index in [1.165, 1.54) is 0 Å². The van der Waals surface area contributed by atoms with Crippen molar-refractivity contribution in [3.63, 3.8) is 0 Å². The van der Waals surface area contributed by atoms with Gasteiger partial charge in [0.25, 0.3) is 0 Å². The summed E-state index contributed by atoms with van der Waals surface area (Å²) in [4.78, 5) is 3.86. The summed E-state index contributed by atoms with van der Waals surface area (Å²) in [6.45, 7) is 3.28. The highest BCUT2D eigenvalue weighted by Crippen LogP contribution is 2.30. The second-order valence-corrected chi connectivity index (χ2v) is 5.72. The van der Waals surface area contributed by atoms with Gasteiger partial charge in [0.2, 0.25) is 0 Å². The monoisotopic (exact) mass is 253 g/mol. The zero-order valence-electron chi connectivity index (χ0n) is 7.93. The standard InChI is InChI=1S/C8H9Cl2NO2S/c1-4-6(9)5(2)11-8(10)7(4)14(3,12)13/h1-3H3. The minimum Gasteiger partial charge on any atom is -0.238 e. The average molecular weight is 254 g/mol. The van der Waals surface area contributed by atoms with Gasteiger partial charge in [-0.3, -0.25) is 0 Å². The quantitative estimate of drug-likeness (QED) is 0.723. The molecule has 0 aliphatic rings. The lowest BCUT2D eigenvalue weighted by atomic mass is 10.2. The normalized spacial score (nSPS) is 11.8. The van der Waals surface area contributed by atoms with Crippen LogP contribution in [0.5, 0.6) is 0 Å². The second-order valence-electron chi connectivity index (χ2n) is 3.03. The van der Waals surface area contributed by atoms with Crippen molar-refractivity contribution in [2.75, 3.05) is 6.26 Å². The van der Waals surface area contributed by atoms with Crippen LogP contribution in [0, 0.1) is 13.8 Å². The third kappa shape index (κ3) is 2.02. The fourth-order valence-corrected chi connectivity index (χ4v) is 3.10. The predicted octanol–water partition coefficient (Wildman–Crippen LogP) is 2.41. The van der Waals surface area contributed by atoms with E-state index in [4.69, 9.17) is 23.2 Å². The maximum Gasteiger partial charge on any atom is 0.178 e. The SMILES string of the molecule is Cc1nc(Cl)c(S(C)(=O)=O)c(C)c1Cl.